The molecule has 34 heavy (non-hydrogen) atoms. The van der Waals surface area contributed by atoms with Gasteiger partial charge in [0.05, 0.1) is 18.5 Å². The zero-order valence-electron chi connectivity index (χ0n) is 20.3. The fraction of sp³-hybridized carbons (Fsp3) is 0.269. The molecular formula is C26H29N5O2S. The van der Waals surface area contributed by atoms with Crippen molar-refractivity contribution in [3.63, 3.8) is 0 Å². The van der Waals surface area contributed by atoms with Crippen LogP contribution in [-0.2, 0) is 6.42 Å². The van der Waals surface area contributed by atoms with Crippen LogP contribution in [0.15, 0.2) is 48.5 Å². The lowest BCUT2D eigenvalue weighted by molar-refractivity contribution is 0.103. The van der Waals surface area contributed by atoms with E-state index in [1.807, 2.05) is 80.8 Å². The third-order valence-corrected chi connectivity index (χ3v) is 6.93. The molecule has 2 aromatic carbocycles. The highest BCUT2D eigenvalue weighted by molar-refractivity contribution is 7.16. The van der Waals surface area contributed by atoms with Gasteiger partial charge in [-0.15, -0.1) is 0 Å². The Morgan fingerprint density at radius 3 is 2.32 bits per heavy atom. The van der Waals surface area contributed by atoms with Gasteiger partial charge in [-0.3, -0.25) is 4.79 Å². The van der Waals surface area contributed by atoms with Gasteiger partial charge in [0.15, 0.2) is 0 Å². The number of nitrogens with zero attached hydrogens (tertiary/aromatic N) is 4. The highest BCUT2D eigenvalue weighted by atomic mass is 32.1. The van der Waals surface area contributed by atoms with Gasteiger partial charge in [-0.25, -0.2) is 9.67 Å². The van der Waals surface area contributed by atoms with Gasteiger partial charge in [0.25, 0.3) is 5.91 Å². The van der Waals surface area contributed by atoms with E-state index in [9.17, 15) is 4.79 Å². The van der Waals surface area contributed by atoms with Gasteiger partial charge < -0.3 is 15.0 Å². The molecule has 0 fully saturated rings. The van der Waals surface area contributed by atoms with E-state index in [1.165, 1.54) is 16.9 Å². The van der Waals surface area contributed by atoms with E-state index in [-0.39, 0.29) is 5.91 Å². The predicted molar refractivity (Wildman–Crippen MR) is 138 cm³/mol. The van der Waals surface area contributed by atoms with Gasteiger partial charge in [-0.1, -0.05) is 23.5 Å². The number of methoxy groups -OCH3 is 1. The number of thiazole rings is 1. The van der Waals surface area contributed by atoms with E-state index in [2.05, 4.69) is 22.4 Å². The molecule has 0 aliphatic carbocycles. The molecule has 8 heteroatoms. The third kappa shape index (κ3) is 4.82. The second-order valence-electron chi connectivity index (χ2n) is 8.39. The highest BCUT2D eigenvalue weighted by Gasteiger charge is 2.20. The summed E-state index contributed by atoms with van der Waals surface area (Å²) < 4.78 is 7.10. The highest BCUT2D eigenvalue weighted by Crippen LogP contribution is 2.27. The molecule has 2 heterocycles. The molecule has 0 unspecified atom stereocenters. The molecule has 4 rings (SSSR count). The largest absolute Gasteiger partial charge is 0.497 e. The number of anilines is 2. The second kappa shape index (κ2) is 9.69. The van der Waals surface area contributed by atoms with Gasteiger partial charge in [0.2, 0.25) is 5.13 Å². The van der Waals surface area contributed by atoms with Crippen LogP contribution >= 0.6 is 11.3 Å². The van der Waals surface area contributed by atoms with Crippen LogP contribution in [0, 0.1) is 20.8 Å². The Morgan fingerprint density at radius 1 is 1.03 bits per heavy atom. The Morgan fingerprint density at radius 2 is 1.71 bits per heavy atom. The Labute approximate surface area is 204 Å². The van der Waals surface area contributed by atoms with Crippen molar-refractivity contribution in [2.24, 2.45) is 0 Å². The van der Waals surface area contributed by atoms with Crippen LogP contribution in [0.2, 0.25) is 0 Å². The number of hydrogen-bond donors (Lipinski definition) is 1. The van der Waals surface area contributed by atoms with E-state index in [0.29, 0.717) is 15.7 Å². The lowest BCUT2D eigenvalue weighted by Crippen LogP contribution is -2.12. The number of amides is 1. The maximum absolute atomic E-state index is 13.0. The van der Waals surface area contributed by atoms with Crippen molar-refractivity contribution in [1.29, 1.82) is 0 Å². The summed E-state index contributed by atoms with van der Waals surface area (Å²) in [6.45, 7) is 5.91. The lowest BCUT2D eigenvalue weighted by Gasteiger charge is -2.12. The van der Waals surface area contributed by atoms with Crippen molar-refractivity contribution in [2.45, 2.75) is 27.2 Å². The first-order valence-electron chi connectivity index (χ1n) is 11.0. The molecule has 0 bridgehead atoms. The second-order valence-corrected chi connectivity index (χ2v) is 9.37. The molecule has 0 saturated heterocycles. The van der Waals surface area contributed by atoms with Crippen molar-refractivity contribution in [2.75, 3.05) is 31.4 Å². The molecular weight excluding hydrogens is 446 g/mol. The van der Waals surface area contributed by atoms with Crippen LogP contribution in [0.1, 0.15) is 37.9 Å². The summed E-state index contributed by atoms with van der Waals surface area (Å²) in [5.74, 6) is 0.671. The number of carbonyl (C=O) groups excluding carboxylic acids is 1. The Balaban J connectivity index is 1.55. The number of aromatic nitrogens is 3. The minimum Gasteiger partial charge on any atom is -0.497 e. The Hall–Kier alpha value is -3.65. The molecule has 7 nitrogen and oxygen atoms in total. The lowest BCUT2D eigenvalue weighted by atomic mass is 10.0. The van der Waals surface area contributed by atoms with Crippen molar-refractivity contribution < 1.29 is 9.53 Å². The smallest absolute Gasteiger partial charge is 0.267 e. The molecule has 0 spiro atoms. The minimum atomic E-state index is -0.168. The summed E-state index contributed by atoms with van der Waals surface area (Å²) in [4.78, 5) is 20.2. The van der Waals surface area contributed by atoms with Crippen LogP contribution in [0.5, 0.6) is 5.75 Å². The predicted octanol–water partition coefficient (Wildman–Crippen LogP) is 5.17. The number of benzene rings is 2. The SMILES string of the molecule is COc1ccc(Cc2c(C)nn(-c3nc(C)c(C(=O)Nc4ccc(N(C)C)cc4)s3)c2C)cc1. The molecule has 0 aliphatic rings. The molecule has 0 radical (unpaired) electrons. The van der Waals surface area contributed by atoms with Crippen LogP contribution < -0.4 is 15.0 Å². The fourth-order valence-corrected chi connectivity index (χ4v) is 4.75. The van der Waals surface area contributed by atoms with E-state index in [4.69, 9.17) is 9.84 Å². The average Bonchev–Trinajstić information content (AvgIpc) is 3.34. The zero-order valence-corrected chi connectivity index (χ0v) is 21.2. The van der Waals surface area contributed by atoms with Gasteiger partial charge in [-0.05, 0) is 62.7 Å². The number of aryl methyl sites for hydroxylation is 2. The maximum Gasteiger partial charge on any atom is 0.267 e. The van der Waals surface area contributed by atoms with Gasteiger partial charge in [0.1, 0.15) is 10.6 Å². The standard InChI is InChI=1S/C26H29N5O2S/c1-16-23(15-19-7-13-22(33-6)14-8-19)18(3)31(29-16)26-27-17(2)24(34-26)25(32)28-20-9-11-21(12-10-20)30(4)5/h7-14H,15H2,1-6H3,(H,28,32). The quantitative estimate of drug-likeness (QED) is 0.399. The number of carbonyl (C=O) groups is 1. The third-order valence-electron chi connectivity index (χ3n) is 5.80. The van der Waals surface area contributed by atoms with Crippen molar-refractivity contribution in [3.8, 4) is 10.9 Å². The van der Waals surface area contributed by atoms with Gasteiger partial charge in [0, 0.05) is 43.1 Å². The Kier molecular flexibility index (Phi) is 6.70. The molecule has 0 atom stereocenters. The first-order chi connectivity index (χ1) is 16.3. The summed E-state index contributed by atoms with van der Waals surface area (Å²) in [6.07, 6.45) is 0.766. The monoisotopic (exact) mass is 475 g/mol. The van der Waals surface area contributed by atoms with E-state index in [1.54, 1.807) is 7.11 Å². The fourth-order valence-electron chi connectivity index (χ4n) is 3.78. The zero-order chi connectivity index (χ0) is 24.4. The summed E-state index contributed by atoms with van der Waals surface area (Å²) in [7, 11) is 5.63. The average molecular weight is 476 g/mol. The first-order valence-corrected chi connectivity index (χ1v) is 11.8. The summed E-state index contributed by atoms with van der Waals surface area (Å²) in [5, 5.41) is 8.40. The molecule has 0 saturated carbocycles. The van der Waals surface area contributed by atoms with Crippen LogP contribution in [0.4, 0.5) is 11.4 Å². The molecule has 1 amide bonds. The minimum absolute atomic E-state index is 0.168. The topological polar surface area (TPSA) is 72.3 Å². The number of rotatable bonds is 7. The van der Waals surface area contributed by atoms with Crippen molar-refractivity contribution >= 4 is 28.6 Å². The molecule has 2 aromatic heterocycles. The Bertz CT molecular complexity index is 1300. The summed E-state index contributed by atoms with van der Waals surface area (Å²) >= 11 is 1.35. The van der Waals surface area contributed by atoms with Crippen molar-refractivity contribution in [1.82, 2.24) is 14.8 Å². The normalized spacial score (nSPS) is 10.9. The maximum atomic E-state index is 13.0. The molecule has 1 N–H and O–H groups in total. The summed E-state index contributed by atoms with van der Waals surface area (Å²) in [5.41, 5.74) is 6.82. The number of nitrogens with one attached hydrogen (secondary N) is 1. The first kappa shape index (κ1) is 23.5. The van der Waals surface area contributed by atoms with Crippen LogP contribution in [0.25, 0.3) is 5.13 Å². The molecule has 176 valence electrons. The number of ether oxygens (including phenoxy) is 1. The number of hydrogen-bond acceptors (Lipinski definition) is 6. The van der Waals surface area contributed by atoms with E-state index >= 15 is 0 Å². The molecule has 0 aliphatic heterocycles. The van der Waals surface area contributed by atoms with Crippen molar-refractivity contribution in [3.05, 3.63) is 81.6 Å². The van der Waals surface area contributed by atoms with Gasteiger partial charge >= 0.3 is 0 Å². The van der Waals surface area contributed by atoms with E-state index in [0.717, 1.165) is 40.5 Å². The van der Waals surface area contributed by atoms with E-state index < -0.39 is 0 Å². The summed E-state index contributed by atoms with van der Waals surface area (Å²) in [6, 6.07) is 15.8. The van der Waals surface area contributed by atoms with Gasteiger partial charge in [-0.2, -0.15) is 5.10 Å². The van der Waals surface area contributed by atoms with Crippen LogP contribution in [0.3, 0.4) is 0 Å². The molecule has 4 aromatic rings. The van der Waals surface area contributed by atoms with Crippen LogP contribution in [-0.4, -0.2) is 41.9 Å².